The molecule has 0 radical (unpaired) electrons. The van der Waals surface area contributed by atoms with Crippen LogP contribution >= 0.6 is 0 Å². The Balaban J connectivity index is 2.16. The molecule has 0 aliphatic heterocycles. The topological polar surface area (TPSA) is 42.4 Å². The van der Waals surface area contributed by atoms with E-state index in [1.807, 2.05) is 42.5 Å². The van der Waals surface area contributed by atoms with Crippen molar-refractivity contribution < 1.29 is 9.84 Å². The van der Waals surface area contributed by atoms with Gasteiger partial charge in [-0.25, -0.2) is 0 Å². The molecule has 94 valence electrons. The summed E-state index contributed by atoms with van der Waals surface area (Å²) in [5.41, 5.74) is 2.81. The summed E-state index contributed by atoms with van der Waals surface area (Å²) >= 11 is 0. The lowest BCUT2D eigenvalue weighted by Crippen LogP contribution is -2.07. The molecule has 0 fully saturated rings. The predicted molar refractivity (Wildman–Crippen MR) is 70.1 cm³/mol. The molecule has 0 spiro atoms. The lowest BCUT2D eigenvalue weighted by molar-refractivity contribution is 0.161. The van der Waals surface area contributed by atoms with Crippen molar-refractivity contribution in [2.24, 2.45) is 0 Å². The van der Waals surface area contributed by atoms with Crippen LogP contribution in [-0.4, -0.2) is 17.2 Å². The van der Waals surface area contributed by atoms with Crippen molar-refractivity contribution in [3.8, 4) is 0 Å². The molecule has 3 nitrogen and oxygen atoms in total. The maximum absolute atomic E-state index is 10.3. The second-order valence-corrected chi connectivity index (χ2v) is 4.17. The van der Waals surface area contributed by atoms with Gasteiger partial charge in [-0.3, -0.25) is 4.98 Å². The number of pyridine rings is 1. The summed E-state index contributed by atoms with van der Waals surface area (Å²) < 4.78 is 5.14. The van der Waals surface area contributed by atoms with E-state index in [1.165, 1.54) is 0 Å². The second-order valence-electron chi connectivity index (χ2n) is 4.17. The highest BCUT2D eigenvalue weighted by Gasteiger charge is 2.12. The van der Waals surface area contributed by atoms with Crippen LogP contribution in [0.15, 0.2) is 48.7 Å². The summed E-state index contributed by atoms with van der Waals surface area (Å²) in [6, 6.07) is 13.5. The lowest BCUT2D eigenvalue weighted by Gasteiger charge is -2.14. The number of aliphatic hydroxyl groups is 1. The summed E-state index contributed by atoms with van der Waals surface area (Å²) in [5.74, 6) is 0. The smallest absolute Gasteiger partial charge is 0.0848 e. The Kier molecular flexibility index (Phi) is 4.45. The average Bonchev–Trinajstić information content (AvgIpc) is 2.41. The van der Waals surface area contributed by atoms with E-state index in [2.05, 4.69) is 4.98 Å². The largest absolute Gasteiger partial charge is 0.388 e. The molecule has 0 aliphatic carbocycles. The Labute approximate surface area is 107 Å². The van der Waals surface area contributed by atoms with Crippen LogP contribution in [-0.2, 0) is 17.8 Å². The van der Waals surface area contributed by atoms with Gasteiger partial charge in [-0.2, -0.15) is 0 Å². The van der Waals surface area contributed by atoms with E-state index in [1.54, 1.807) is 13.3 Å². The monoisotopic (exact) mass is 243 g/mol. The standard InChI is InChI=1S/C15H17NO2/c1-18-11-12-6-2-3-8-14(12)15(17)10-13-7-4-5-9-16-13/h2-9,15,17H,10-11H2,1H3. The van der Waals surface area contributed by atoms with Gasteiger partial charge in [0.2, 0.25) is 0 Å². The van der Waals surface area contributed by atoms with Crippen molar-refractivity contribution in [3.63, 3.8) is 0 Å². The number of hydrogen-bond acceptors (Lipinski definition) is 3. The van der Waals surface area contributed by atoms with Gasteiger partial charge in [0.25, 0.3) is 0 Å². The fourth-order valence-electron chi connectivity index (χ4n) is 1.97. The highest BCUT2D eigenvalue weighted by Crippen LogP contribution is 2.21. The molecule has 3 heteroatoms. The summed E-state index contributed by atoms with van der Waals surface area (Å²) in [5, 5.41) is 10.3. The molecule has 1 aromatic heterocycles. The third-order valence-electron chi connectivity index (χ3n) is 2.84. The van der Waals surface area contributed by atoms with Crippen LogP contribution in [0, 0.1) is 0 Å². The van der Waals surface area contributed by atoms with Crippen molar-refractivity contribution in [3.05, 3.63) is 65.5 Å². The average molecular weight is 243 g/mol. The minimum atomic E-state index is -0.550. The van der Waals surface area contributed by atoms with Gasteiger partial charge in [-0.1, -0.05) is 30.3 Å². The molecule has 2 rings (SSSR count). The van der Waals surface area contributed by atoms with Gasteiger partial charge in [0.05, 0.1) is 12.7 Å². The molecular weight excluding hydrogens is 226 g/mol. The number of benzene rings is 1. The molecule has 2 aromatic rings. The number of hydrogen-bond donors (Lipinski definition) is 1. The Morgan fingerprint density at radius 3 is 2.67 bits per heavy atom. The fourth-order valence-corrected chi connectivity index (χ4v) is 1.97. The van der Waals surface area contributed by atoms with Crippen molar-refractivity contribution in [1.82, 2.24) is 4.98 Å². The molecule has 1 aromatic carbocycles. The van der Waals surface area contributed by atoms with Gasteiger partial charge < -0.3 is 9.84 Å². The van der Waals surface area contributed by atoms with Gasteiger partial charge >= 0.3 is 0 Å². The Morgan fingerprint density at radius 1 is 1.17 bits per heavy atom. The van der Waals surface area contributed by atoms with Crippen molar-refractivity contribution in [2.75, 3.05) is 7.11 Å². The van der Waals surface area contributed by atoms with E-state index in [0.29, 0.717) is 13.0 Å². The SMILES string of the molecule is COCc1ccccc1C(O)Cc1ccccn1. The molecule has 1 N–H and O–H groups in total. The van der Waals surface area contributed by atoms with Crippen LogP contribution in [0.5, 0.6) is 0 Å². The molecule has 0 saturated heterocycles. The quantitative estimate of drug-likeness (QED) is 0.877. The van der Waals surface area contributed by atoms with E-state index in [9.17, 15) is 5.11 Å². The molecule has 18 heavy (non-hydrogen) atoms. The number of rotatable bonds is 5. The molecule has 1 unspecified atom stereocenters. The highest BCUT2D eigenvalue weighted by atomic mass is 16.5. The van der Waals surface area contributed by atoms with Crippen molar-refractivity contribution in [1.29, 1.82) is 0 Å². The summed E-state index contributed by atoms with van der Waals surface area (Å²) in [4.78, 5) is 4.23. The number of aliphatic hydroxyl groups excluding tert-OH is 1. The van der Waals surface area contributed by atoms with Crippen LogP contribution in [0.3, 0.4) is 0 Å². The van der Waals surface area contributed by atoms with Gasteiger partial charge in [0, 0.05) is 25.4 Å². The first-order chi connectivity index (χ1) is 8.81. The first kappa shape index (κ1) is 12.7. The highest BCUT2D eigenvalue weighted by molar-refractivity contribution is 5.29. The molecule has 0 aliphatic rings. The van der Waals surface area contributed by atoms with E-state index < -0.39 is 6.10 Å². The first-order valence-corrected chi connectivity index (χ1v) is 5.96. The molecule has 0 bridgehead atoms. The normalized spacial score (nSPS) is 12.3. The van der Waals surface area contributed by atoms with Crippen LogP contribution in [0.2, 0.25) is 0 Å². The molecule has 0 amide bonds. The summed E-state index contributed by atoms with van der Waals surface area (Å²) in [6.45, 7) is 0.509. The summed E-state index contributed by atoms with van der Waals surface area (Å²) in [6.07, 6.45) is 1.70. The number of nitrogens with zero attached hydrogens (tertiary/aromatic N) is 1. The Hall–Kier alpha value is -1.71. The van der Waals surface area contributed by atoms with Crippen LogP contribution < -0.4 is 0 Å². The Bertz CT molecular complexity index is 485. The van der Waals surface area contributed by atoms with Crippen LogP contribution in [0.1, 0.15) is 22.9 Å². The molecule has 0 saturated carbocycles. The third-order valence-corrected chi connectivity index (χ3v) is 2.84. The number of ether oxygens (including phenoxy) is 1. The maximum Gasteiger partial charge on any atom is 0.0848 e. The van der Waals surface area contributed by atoms with E-state index in [4.69, 9.17) is 4.74 Å². The van der Waals surface area contributed by atoms with E-state index in [-0.39, 0.29) is 0 Å². The van der Waals surface area contributed by atoms with Crippen molar-refractivity contribution in [2.45, 2.75) is 19.1 Å². The molecule has 1 atom stereocenters. The Morgan fingerprint density at radius 2 is 1.94 bits per heavy atom. The van der Waals surface area contributed by atoms with Gasteiger partial charge in [0.15, 0.2) is 0 Å². The van der Waals surface area contributed by atoms with Crippen LogP contribution in [0.4, 0.5) is 0 Å². The first-order valence-electron chi connectivity index (χ1n) is 5.96. The zero-order valence-corrected chi connectivity index (χ0v) is 10.4. The minimum Gasteiger partial charge on any atom is -0.388 e. The number of methoxy groups -OCH3 is 1. The molecular formula is C15H17NO2. The summed E-state index contributed by atoms with van der Waals surface area (Å²) in [7, 11) is 1.65. The van der Waals surface area contributed by atoms with Gasteiger partial charge in [0.1, 0.15) is 0 Å². The molecule has 1 heterocycles. The fraction of sp³-hybridized carbons (Fsp3) is 0.267. The minimum absolute atomic E-state index is 0.509. The second kappa shape index (κ2) is 6.28. The van der Waals surface area contributed by atoms with E-state index in [0.717, 1.165) is 16.8 Å². The predicted octanol–water partition coefficient (Wildman–Crippen LogP) is 2.50. The third kappa shape index (κ3) is 3.15. The van der Waals surface area contributed by atoms with Gasteiger partial charge in [-0.15, -0.1) is 0 Å². The van der Waals surface area contributed by atoms with Crippen LogP contribution in [0.25, 0.3) is 0 Å². The van der Waals surface area contributed by atoms with E-state index >= 15 is 0 Å². The van der Waals surface area contributed by atoms with Gasteiger partial charge in [-0.05, 0) is 23.3 Å². The van der Waals surface area contributed by atoms with Crippen molar-refractivity contribution >= 4 is 0 Å². The zero-order valence-electron chi connectivity index (χ0n) is 10.4. The number of aromatic nitrogens is 1. The zero-order chi connectivity index (χ0) is 12.8. The lowest BCUT2D eigenvalue weighted by atomic mass is 9.99. The maximum atomic E-state index is 10.3.